The van der Waals surface area contributed by atoms with Gasteiger partial charge in [-0.25, -0.2) is 4.98 Å². The van der Waals surface area contributed by atoms with Crippen LogP contribution >= 0.6 is 0 Å². The summed E-state index contributed by atoms with van der Waals surface area (Å²) in [4.78, 5) is 19.2. The van der Waals surface area contributed by atoms with Crippen LogP contribution in [0.1, 0.15) is 37.6 Å². The van der Waals surface area contributed by atoms with Crippen LogP contribution in [0, 0.1) is 6.92 Å². The second kappa shape index (κ2) is 8.06. The summed E-state index contributed by atoms with van der Waals surface area (Å²) < 4.78 is 1.63. The summed E-state index contributed by atoms with van der Waals surface area (Å²) in [5.41, 5.74) is 2.35. The SMILES string of the molecule is CCCCN(CCCO)Cc1cc(=O)n2c(C)cccc2n1. The third-order valence-corrected chi connectivity index (χ3v) is 3.78. The molecule has 0 aliphatic rings. The summed E-state index contributed by atoms with van der Waals surface area (Å²) >= 11 is 0. The average Bonchev–Trinajstić information content (AvgIpc) is 2.49. The van der Waals surface area contributed by atoms with E-state index in [4.69, 9.17) is 5.11 Å². The zero-order valence-electron chi connectivity index (χ0n) is 13.5. The number of hydrogen-bond donors (Lipinski definition) is 1. The smallest absolute Gasteiger partial charge is 0.258 e. The van der Waals surface area contributed by atoms with Crippen LogP contribution in [-0.4, -0.2) is 39.1 Å². The van der Waals surface area contributed by atoms with Gasteiger partial charge in [0.1, 0.15) is 5.65 Å². The van der Waals surface area contributed by atoms with Crippen molar-refractivity contribution in [3.05, 3.63) is 46.0 Å². The van der Waals surface area contributed by atoms with Gasteiger partial charge >= 0.3 is 0 Å². The van der Waals surface area contributed by atoms with Crippen LogP contribution in [0.2, 0.25) is 0 Å². The number of rotatable bonds is 8. The van der Waals surface area contributed by atoms with Gasteiger partial charge in [-0.3, -0.25) is 14.1 Å². The molecule has 0 saturated heterocycles. The first-order valence-corrected chi connectivity index (χ1v) is 7.97. The van der Waals surface area contributed by atoms with Gasteiger partial charge in [-0.1, -0.05) is 19.4 Å². The van der Waals surface area contributed by atoms with E-state index < -0.39 is 0 Å². The Morgan fingerprint density at radius 3 is 2.77 bits per heavy atom. The van der Waals surface area contributed by atoms with Crippen molar-refractivity contribution in [2.45, 2.75) is 39.7 Å². The molecular formula is C17H25N3O2. The van der Waals surface area contributed by atoms with Crippen molar-refractivity contribution in [1.29, 1.82) is 0 Å². The highest BCUT2D eigenvalue weighted by molar-refractivity contribution is 5.40. The van der Waals surface area contributed by atoms with Crippen molar-refractivity contribution < 1.29 is 5.11 Å². The number of aryl methyl sites for hydroxylation is 1. The molecule has 0 aliphatic heterocycles. The first-order chi connectivity index (χ1) is 10.7. The highest BCUT2D eigenvalue weighted by atomic mass is 16.3. The number of nitrogens with zero attached hydrogens (tertiary/aromatic N) is 3. The maximum absolute atomic E-state index is 12.3. The van der Waals surface area contributed by atoms with E-state index in [9.17, 15) is 4.79 Å². The molecule has 5 heteroatoms. The molecule has 0 unspecified atom stereocenters. The molecule has 1 N–H and O–H groups in total. The molecule has 0 atom stereocenters. The summed E-state index contributed by atoms with van der Waals surface area (Å²) in [5.74, 6) is 0. The Balaban J connectivity index is 2.23. The minimum absolute atomic E-state index is 0.0318. The summed E-state index contributed by atoms with van der Waals surface area (Å²) in [6, 6.07) is 7.31. The van der Waals surface area contributed by atoms with Crippen LogP contribution in [0.25, 0.3) is 5.65 Å². The third kappa shape index (κ3) is 4.15. The van der Waals surface area contributed by atoms with E-state index >= 15 is 0 Å². The Morgan fingerprint density at radius 1 is 1.27 bits per heavy atom. The molecule has 0 spiro atoms. The molecule has 2 aromatic rings. The Morgan fingerprint density at radius 2 is 2.05 bits per heavy atom. The topological polar surface area (TPSA) is 57.8 Å². The number of unbranched alkanes of at least 4 members (excludes halogenated alkanes) is 1. The first-order valence-electron chi connectivity index (χ1n) is 7.97. The lowest BCUT2D eigenvalue weighted by molar-refractivity contribution is 0.214. The zero-order valence-corrected chi connectivity index (χ0v) is 13.5. The molecule has 0 radical (unpaired) electrons. The molecule has 5 nitrogen and oxygen atoms in total. The van der Waals surface area contributed by atoms with E-state index in [2.05, 4.69) is 16.8 Å². The van der Waals surface area contributed by atoms with Crippen molar-refractivity contribution in [2.75, 3.05) is 19.7 Å². The molecule has 2 heterocycles. The molecule has 0 amide bonds. The molecule has 0 fully saturated rings. The third-order valence-electron chi connectivity index (χ3n) is 3.78. The number of aliphatic hydroxyl groups excluding tert-OH is 1. The van der Waals surface area contributed by atoms with E-state index in [0.717, 1.165) is 43.7 Å². The molecule has 0 saturated carbocycles. The van der Waals surface area contributed by atoms with Crippen molar-refractivity contribution >= 4 is 5.65 Å². The molecule has 2 rings (SSSR count). The molecule has 0 bridgehead atoms. The lowest BCUT2D eigenvalue weighted by Crippen LogP contribution is -2.28. The standard InChI is InChI=1S/C17H25N3O2/c1-3-4-9-19(10-6-11-21)13-15-12-17(22)20-14(2)7-5-8-16(20)18-15/h5,7-8,12,21H,3-4,6,9-11,13H2,1-2H3. The number of hydrogen-bond acceptors (Lipinski definition) is 4. The Hall–Kier alpha value is -1.72. The quantitative estimate of drug-likeness (QED) is 0.810. The molecular weight excluding hydrogens is 278 g/mol. The van der Waals surface area contributed by atoms with Gasteiger partial charge in [0.05, 0.1) is 5.69 Å². The fourth-order valence-corrected chi connectivity index (χ4v) is 2.62. The van der Waals surface area contributed by atoms with Gasteiger partial charge < -0.3 is 5.11 Å². The predicted molar refractivity (Wildman–Crippen MR) is 88.1 cm³/mol. The first kappa shape index (κ1) is 16.6. The van der Waals surface area contributed by atoms with Gasteiger partial charge in [-0.2, -0.15) is 0 Å². The molecule has 2 aromatic heterocycles. The fourth-order valence-electron chi connectivity index (χ4n) is 2.62. The molecule has 120 valence electrons. The van der Waals surface area contributed by atoms with Crippen LogP contribution in [-0.2, 0) is 6.54 Å². The monoisotopic (exact) mass is 303 g/mol. The van der Waals surface area contributed by atoms with Crippen molar-refractivity contribution in [3.8, 4) is 0 Å². The van der Waals surface area contributed by atoms with Crippen LogP contribution in [0.15, 0.2) is 29.1 Å². The van der Waals surface area contributed by atoms with Crippen LogP contribution < -0.4 is 5.56 Å². The lowest BCUT2D eigenvalue weighted by atomic mass is 10.2. The molecule has 0 aromatic carbocycles. The Bertz CT molecular complexity index is 658. The minimum atomic E-state index is -0.0318. The second-order valence-electron chi connectivity index (χ2n) is 5.65. The largest absolute Gasteiger partial charge is 0.396 e. The molecule has 0 aliphatic carbocycles. The molecule has 22 heavy (non-hydrogen) atoms. The van der Waals surface area contributed by atoms with Gasteiger partial charge in [0, 0.05) is 31.5 Å². The van der Waals surface area contributed by atoms with Crippen molar-refractivity contribution in [3.63, 3.8) is 0 Å². The maximum Gasteiger partial charge on any atom is 0.258 e. The summed E-state index contributed by atoms with van der Waals surface area (Å²) in [6.07, 6.45) is 2.98. The second-order valence-corrected chi connectivity index (χ2v) is 5.65. The Kier molecular flexibility index (Phi) is 6.10. The summed E-state index contributed by atoms with van der Waals surface area (Å²) in [7, 11) is 0. The summed E-state index contributed by atoms with van der Waals surface area (Å²) in [6.45, 7) is 6.70. The van der Waals surface area contributed by atoms with Crippen LogP contribution in [0.5, 0.6) is 0 Å². The van der Waals surface area contributed by atoms with Gasteiger partial charge in [-0.15, -0.1) is 0 Å². The van der Waals surface area contributed by atoms with E-state index in [0.29, 0.717) is 12.2 Å². The van der Waals surface area contributed by atoms with Gasteiger partial charge in [0.2, 0.25) is 0 Å². The van der Waals surface area contributed by atoms with E-state index in [1.807, 2.05) is 25.1 Å². The van der Waals surface area contributed by atoms with Crippen LogP contribution in [0.4, 0.5) is 0 Å². The number of aromatic nitrogens is 2. The van der Waals surface area contributed by atoms with E-state index in [1.54, 1.807) is 10.5 Å². The highest BCUT2D eigenvalue weighted by Gasteiger charge is 2.09. The van der Waals surface area contributed by atoms with Gasteiger partial charge in [0.25, 0.3) is 5.56 Å². The number of pyridine rings is 1. The number of aliphatic hydroxyl groups is 1. The minimum Gasteiger partial charge on any atom is -0.396 e. The summed E-state index contributed by atoms with van der Waals surface area (Å²) in [5, 5.41) is 9.03. The Labute approximate surface area is 131 Å². The number of fused-ring (bicyclic) bond motifs is 1. The van der Waals surface area contributed by atoms with Crippen LogP contribution in [0.3, 0.4) is 0 Å². The normalized spacial score (nSPS) is 11.5. The van der Waals surface area contributed by atoms with Gasteiger partial charge in [-0.05, 0) is 38.4 Å². The average molecular weight is 303 g/mol. The van der Waals surface area contributed by atoms with Gasteiger partial charge in [0.15, 0.2) is 0 Å². The fraction of sp³-hybridized carbons (Fsp3) is 0.529. The van der Waals surface area contributed by atoms with E-state index in [-0.39, 0.29) is 12.2 Å². The van der Waals surface area contributed by atoms with E-state index in [1.165, 1.54) is 0 Å². The predicted octanol–water partition coefficient (Wildman–Crippen LogP) is 1.99. The van der Waals surface area contributed by atoms with Crippen molar-refractivity contribution in [2.24, 2.45) is 0 Å². The highest BCUT2D eigenvalue weighted by Crippen LogP contribution is 2.07. The lowest BCUT2D eigenvalue weighted by Gasteiger charge is -2.21. The zero-order chi connectivity index (χ0) is 15.9. The van der Waals surface area contributed by atoms with Crippen molar-refractivity contribution in [1.82, 2.24) is 14.3 Å². The maximum atomic E-state index is 12.3.